The van der Waals surface area contributed by atoms with Gasteiger partial charge in [0.15, 0.2) is 5.13 Å². The molecule has 0 spiro atoms. The highest BCUT2D eigenvalue weighted by Gasteiger charge is 2.10. The molecule has 0 bridgehead atoms. The highest BCUT2D eigenvalue weighted by atomic mass is 32.1. The average Bonchev–Trinajstić information content (AvgIpc) is 3.14. The standard InChI is InChI=1S/C18H18N4O2S/c23-17(20-9-10-24-15-6-2-1-3-7-15)16-13-25-18(22-16)21-12-14-5-4-8-19-11-14/h1-8,11,13H,9-10,12H2,(H,20,23)(H,21,22). The van der Waals surface area contributed by atoms with E-state index in [1.54, 1.807) is 17.8 Å². The zero-order chi connectivity index (χ0) is 17.3. The minimum absolute atomic E-state index is 0.206. The van der Waals surface area contributed by atoms with E-state index in [0.29, 0.717) is 30.5 Å². The number of nitrogens with one attached hydrogen (secondary N) is 2. The first-order valence-electron chi connectivity index (χ1n) is 7.85. The number of para-hydroxylation sites is 1. The van der Waals surface area contributed by atoms with E-state index in [0.717, 1.165) is 11.3 Å². The normalized spacial score (nSPS) is 10.2. The summed E-state index contributed by atoms with van der Waals surface area (Å²) in [6.45, 7) is 1.45. The Kier molecular flexibility index (Phi) is 5.95. The molecular weight excluding hydrogens is 336 g/mol. The molecule has 0 unspecified atom stereocenters. The molecule has 1 aromatic carbocycles. The Bertz CT molecular complexity index is 793. The van der Waals surface area contributed by atoms with E-state index in [1.165, 1.54) is 11.3 Å². The molecule has 3 aromatic rings. The predicted octanol–water partition coefficient (Wildman–Crippen LogP) is 2.96. The molecule has 1 amide bonds. The monoisotopic (exact) mass is 354 g/mol. The molecule has 6 nitrogen and oxygen atoms in total. The number of thiazole rings is 1. The molecule has 0 fully saturated rings. The van der Waals surface area contributed by atoms with Gasteiger partial charge in [0.2, 0.25) is 0 Å². The lowest BCUT2D eigenvalue weighted by Crippen LogP contribution is -2.28. The van der Waals surface area contributed by atoms with Crippen molar-refractivity contribution in [3.05, 3.63) is 71.5 Å². The number of nitrogens with zero attached hydrogens (tertiary/aromatic N) is 2. The first-order chi connectivity index (χ1) is 12.3. The van der Waals surface area contributed by atoms with Gasteiger partial charge in [-0.2, -0.15) is 0 Å². The number of carbonyl (C=O) groups is 1. The van der Waals surface area contributed by atoms with Crippen molar-refractivity contribution < 1.29 is 9.53 Å². The van der Waals surface area contributed by atoms with Crippen molar-refractivity contribution in [2.75, 3.05) is 18.5 Å². The lowest BCUT2D eigenvalue weighted by Gasteiger charge is -2.06. The number of benzene rings is 1. The zero-order valence-electron chi connectivity index (χ0n) is 13.5. The van der Waals surface area contributed by atoms with E-state index in [9.17, 15) is 4.79 Å². The van der Waals surface area contributed by atoms with Crippen LogP contribution in [0.25, 0.3) is 0 Å². The molecule has 2 aromatic heterocycles. The summed E-state index contributed by atoms with van der Waals surface area (Å²) in [5.41, 5.74) is 1.46. The van der Waals surface area contributed by atoms with Crippen LogP contribution in [-0.2, 0) is 6.54 Å². The Balaban J connectivity index is 1.41. The predicted molar refractivity (Wildman–Crippen MR) is 97.9 cm³/mol. The Morgan fingerprint density at radius 3 is 2.84 bits per heavy atom. The summed E-state index contributed by atoms with van der Waals surface area (Å²) in [5, 5.41) is 8.42. The average molecular weight is 354 g/mol. The maximum absolute atomic E-state index is 12.1. The zero-order valence-corrected chi connectivity index (χ0v) is 14.3. The number of rotatable bonds is 8. The highest BCUT2D eigenvalue weighted by molar-refractivity contribution is 7.13. The third-order valence-electron chi connectivity index (χ3n) is 3.30. The minimum atomic E-state index is -0.206. The van der Waals surface area contributed by atoms with Crippen LogP contribution in [0.4, 0.5) is 5.13 Å². The molecule has 25 heavy (non-hydrogen) atoms. The van der Waals surface area contributed by atoms with Crippen molar-refractivity contribution >= 4 is 22.4 Å². The van der Waals surface area contributed by atoms with Crippen molar-refractivity contribution in [3.8, 4) is 5.75 Å². The van der Waals surface area contributed by atoms with Crippen LogP contribution in [0.15, 0.2) is 60.2 Å². The molecule has 7 heteroatoms. The van der Waals surface area contributed by atoms with Crippen LogP contribution in [0.3, 0.4) is 0 Å². The maximum Gasteiger partial charge on any atom is 0.270 e. The van der Waals surface area contributed by atoms with Gasteiger partial charge in [-0.05, 0) is 23.8 Å². The van der Waals surface area contributed by atoms with Crippen LogP contribution in [0.2, 0.25) is 0 Å². The quantitative estimate of drug-likeness (QED) is 0.608. The Morgan fingerprint density at radius 2 is 2.04 bits per heavy atom. The fraction of sp³-hybridized carbons (Fsp3) is 0.167. The molecular formula is C18H18N4O2S. The van der Waals surface area contributed by atoms with Gasteiger partial charge in [-0.1, -0.05) is 24.3 Å². The summed E-state index contributed by atoms with van der Waals surface area (Å²) in [4.78, 5) is 20.4. The van der Waals surface area contributed by atoms with Gasteiger partial charge in [0.1, 0.15) is 18.1 Å². The van der Waals surface area contributed by atoms with E-state index in [2.05, 4.69) is 20.6 Å². The Labute approximate surface area is 149 Å². The van der Waals surface area contributed by atoms with Gasteiger partial charge >= 0.3 is 0 Å². The van der Waals surface area contributed by atoms with Crippen molar-refractivity contribution in [1.29, 1.82) is 0 Å². The third kappa shape index (κ3) is 5.29. The highest BCUT2D eigenvalue weighted by Crippen LogP contribution is 2.16. The van der Waals surface area contributed by atoms with Crippen molar-refractivity contribution in [1.82, 2.24) is 15.3 Å². The third-order valence-corrected chi connectivity index (χ3v) is 4.10. The van der Waals surface area contributed by atoms with Crippen LogP contribution in [-0.4, -0.2) is 29.0 Å². The number of hydrogen-bond donors (Lipinski definition) is 2. The second kappa shape index (κ2) is 8.79. The number of hydrogen-bond acceptors (Lipinski definition) is 6. The number of pyridine rings is 1. The smallest absolute Gasteiger partial charge is 0.270 e. The molecule has 0 atom stereocenters. The van der Waals surface area contributed by atoms with Crippen LogP contribution in [0.5, 0.6) is 5.75 Å². The summed E-state index contributed by atoms with van der Waals surface area (Å²) in [7, 11) is 0. The first-order valence-corrected chi connectivity index (χ1v) is 8.73. The number of ether oxygens (including phenoxy) is 1. The van der Waals surface area contributed by atoms with Gasteiger partial charge in [0, 0.05) is 24.3 Å². The van der Waals surface area contributed by atoms with Gasteiger partial charge in [-0.3, -0.25) is 9.78 Å². The molecule has 0 aliphatic heterocycles. The summed E-state index contributed by atoms with van der Waals surface area (Å²) >= 11 is 1.40. The lowest BCUT2D eigenvalue weighted by molar-refractivity contribution is 0.0943. The molecule has 128 valence electrons. The van der Waals surface area contributed by atoms with Gasteiger partial charge in [0.05, 0.1) is 6.54 Å². The molecule has 2 heterocycles. The SMILES string of the molecule is O=C(NCCOc1ccccc1)c1csc(NCc2cccnc2)n1. The minimum Gasteiger partial charge on any atom is -0.492 e. The summed E-state index contributed by atoms with van der Waals surface area (Å²) in [5.74, 6) is 0.578. The van der Waals surface area contributed by atoms with Crippen molar-refractivity contribution in [3.63, 3.8) is 0 Å². The molecule has 2 N–H and O–H groups in total. The second-order valence-corrected chi connectivity index (χ2v) is 6.03. The molecule has 0 saturated heterocycles. The summed E-state index contributed by atoms with van der Waals surface area (Å²) < 4.78 is 5.53. The van der Waals surface area contributed by atoms with Crippen molar-refractivity contribution in [2.45, 2.75) is 6.54 Å². The van der Waals surface area contributed by atoms with Gasteiger partial charge in [0.25, 0.3) is 5.91 Å². The second-order valence-electron chi connectivity index (χ2n) is 5.17. The van der Waals surface area contributed by atoms with Crippen LogP contribution >= 0.6 is 11.3 Å². The van der Waals surface area contributed by atoms with Gasteiger partial charge < -0.3 is 15.4 Å². The largest absolute Gasteiger partial charge is 0.492 e. The molecule has 0 aliphatic rings. The van der Waals surface area contributed by atoms with Gasteiger partial charge in [-0.15, -0.1) is 11.3 Å². The topological polar surface area (TPSA) is 76.1 Å². The molecule has 3 rings (SSSR count). The lowest BCUT2D eigenvalue weighted by atomic mass is 10.3. The summed E-state index contributed by atoms with van der Waals surface area (Å²) in [6, 6.07) is 13.4. The Morgan fingerprint density at radius 1 is 1.16 bits per heavy atom. The van der Waals surface area contributed by atoms with Crippen LogP contribution in [0, 0.1) is 0 Å². The molecule has 0 aliphatic carbocycles. The fourth-order valence-corrected chi connectivity index (χ4v) is 2.77. The van der Waals surface area contributed by atoms with Crippen LogP contribution < -0.4 is 15.4 Å². The van der Waals surface area contributed by atoms with Crippen LogP contribution in [0.1, 0.15) is 16.1 Å². The Hall–Kier alpha value is -2.93. The van der Waals surface area contributed by atoms with E-state index in [1.807, 2.05) is 42.5 Å². The van der Waals surface area contributed by atoms with E-state index in [-0.39, 0.29) is 5.91 Å². The van der Waals surface area contributed by atoms with E-state index >= 15 is 0 Å². The summed E-state index contributed by atoms with van der Waals surface area (Å²) in [6.07, 6.45) is 3.53. The first kappa shape index (κ1) is 16.9. The van der Waals surface area contributed by atoms with E-state index < -0.39 is 0 Å². The van der Waals surface area contributed by atoms with Crippen molar-refractivity contribution in [2.24, 2.45) is 0 Å². The number of carbonyl (C=O) groups excluding carboxylic acids is 1. The van der Waals surface area contributed by atoms with E-state index in [4.69, 9.17) is 4.74 Å². The maximum atomic E-state index is 12.1. The molecule has 0 saturated carbocycles. The number of amides is 1. The number of aromatic nitrogens is 2. The number of anilines is 1. The fourth-order valence-electron chi connectivity index (χ4n) is 2.08. The molecule has 0 radical (unpaired) electrons. The van der Waals surface area contributed by atoms with Gasteiger partial charge in [-0.25, -0.2) is 4.98 Å².